The van der Waals surface area contributed by atoms with Crippen LogP contribution in [0.5, 0.6) is 0 Å². The molecule has 0 unspecified atom stereocenters. The van der Waals surface area contributed by atoms with Crippen molar-refractivity contribution >= 4 is 129 Å². The van der Waals surface area contributed by atoms with Crippen molar-refractivity contribution in [1.82, 2.24) is 0 Å². The van der Waals surface area contributed by atoms with E-state index in [1.165, 1.54) is 129 Å². The molecule has 13 aromatic rings. The standard InChI is InChI=1S/C48H24/c1-4-13-28-25(10-1)31-16-7-19-34-43(31)37(28)22-40-46(34)41-23-38-29-14-5-2-11-26(29)33-18-9-21-36(45(33)38)48(41)42-24-39-30-15-6-3-12-27(30)32-17-8-20-35(44(32)39)47(40)42/h1-24H. The van der Waals surface area contributed by atoms with E-state index in [1.54, 1.807) is 0 Å². The third-order valence-corrected chi connectivity index (χ3v) is 11.8. The van der Waals surface area contributed by atoms with Crippen LogP contribution in [0.4, 0.5) is 0 Å². The summed E-state index contributed by atoms with van der Waals surface area (Å²) in [7, 11) is 0. The molecule has 0 aliphatic heterocycles. The summed E-state index contributed by atoms with van der Waals surface area (Å²) in [6.45, 7) is 0. The Morgan fingerprint density at radius 2 is 0.354 bits per heavy atom. The van der Waals surface area contributed by atoms with Crippen molar-refractivity contribution in [3.63, 3.8) is 0 Å². The zero-order chi connectivity index (χ0) is 30.8. The van der Waals surface area contributed by atoms with Crippen LogP contribution in [0.25, 0.3) is 129 Å². The Labute approximate surface area is 274 Å². The molecule has 0 radical (unpaired) electrons. The van der Waals surface area contributed by atoms with Gasteiger partial charge < -0.3 is 0 Å². The Hall–Kier alpha value is -6.24. The highest BCUT2D eigenvalue weighted by atomic mass is 14.3. The van der Waals surface area contributed by atoms with Crippen molar-refractivity contribution in [3.05, 3.63) is 146 Å². The normalized spacial score (nSPS) is 13.0. The van der Waals surface area contributed by atoms with Crippen LogP contribution in [-0.4, -0.2) is 0 Å². The van der Waals surface area contributed by atoms with Gasteiger partial charge in [-0.25, -0.2) is 0 Å². The second-order valence-electron chi connectivity index (χ2n) is 13.9. The minimum atomic E-state index is 1.34. The number of hydrogen-bond donors (Lipinski definition) is 0. The molecule has 13 aromatic carbocycles. The largest absolute Gasteiger partial charge is 0.0616 e. The molecule has 0 aromatic heterocycles. The first-order chi connectivity index (χ1) is 23.8. The first-order valence-corrected chi connectivity index (χ1v) is 16.9. The lowest BCUT2D eigenvalue weighted by Crippen LogP contribution is -1.89. The second kappa shape index (κ2) is 8.00. The summed E-state index contributed by atoms with van der Waals surface area (Å²) in [5, 5.41) is 32.5. The molecule has 0 heteroatoms. The van der Waals surface area contributed by atoms with E-state index in [1.807, 2.05) is 0 Å². The van der Waals surface area contributed by atoms with Gasteiger partial charge in [-0.1, -0.05) is 127 Å². The highest BCUT2D eigenvalue weighted by Crippen LogP contribution is 2.53. The molecule has 0 bridgehead atoms. The molecule has 0 saturated heterocycles. The summed E-state index contributed by atoms with van der Waals surface area (Å²) in [4.78, 5) is 0. The molecule has 0 nitrogen and oxygen atoms in total. The molecule has 0 saturated carbocycles. The molecule has 0 atom stereocenters. The van der Waals surface area contributed by atoms with E-state index in [0.717, 1.165) is 0 Å². The van der Waals surface area contributed by atoms with Gasteiger partial charge in [0.15, 0.2) is 0 Å². The van der Waals surface area contributed by atoms with E-state index >= 15 is 0 Å². The smallest absolute Gasteiger partial charge is 0.00190 e. The van der Waals surface area contributed by atoms with Crippen molar-refractivity contribution in [2.24, 2.45) is 0 Å². The summed E-state index contributed by atoms with van der Waals surface area (Å²) in [5.41, 5.74) is 0. The van der Waals surface area contributed by atoms with Crippen molar-refractivity contribution in [2.45, 2.75) is 0 Å². The molecule has 0 heterocycles. The highest BCUT2D eigenvalue weighted by molar-refractivity contribution is 6.49. The topological polar surface area (TPSA) is 0 Å². The van der Waals surface area contributed by atoms with Crippen LogP contribution < -0.4 is 0 Å². The monoisotopic (exact) mass is 600 g/mol. The maximum Gasteiger partial charge on any atom is -0.00190 e. The summed E-state index contributed by atoms with van der Waals surface area (Å²) in [6, 6.07) is 55.5. The van der Waals surface area contributed by atoms with Gasteiger partial charge in [-0.05, 0) is 147 Å². The summed E-state index contributed by atoms with van der Waals surface area (Å²) >= 11 is 0. The van der Waals surface area contributed by atoms with Crippen LogP contribution >= 0.6 is 0 Å². The van der Waals surface area contributed by atoms with Crippen LogP contribution in [0.1, 0.15) is 0 Å². The van der Waals surface area contributed by atoms with Crippen molar-refractivity contribution in [3.8, 4) is 0 Å². The van der Waals surface area contributed by atoms with E-state index in [9.17, 15) is 0 Å². The fraction of sp³-hybridized carbons (Fsp3) is 0. The van der Waals surface area contributed by atoms with Gasteiger partial charge in [-0.3, -0.25) is 0 Å². The zero-order valence-corrected chi connectivity index (χ0v) is 25.9. The van der Waals surface area contributed by atoms with Crippen molar-refractivity contribution in [2.75, 3.05) is 0 Å². The molecule has 216 valence electrons. The molecular formula is C48H24. The summed E-state index contributed by atoms with van der Waals surface area (Å²) in [5.74, 6) is 0. The van der Waals surface area contributed by atoms with Crippen LogP contribution in [0.2, 0.25) is 0 Å². The van der Waals surface area contributed by atoms with Crippen molar-refractivity contribution < 1.29 is 0 Å². The van der Waals surface area contributed by atoms with Gasteiger partial charge in [0.05, 0.1) is 0 Å². The van der Waals surface area contributed by atoms with Gasteiger partial charge in [0.1, 0.15) is 0 Å². The van der Waals surface area contributed by atoms with E-state index in [2.05, 4.69) is 146 Å². The Bertz CT molecular complexity index is 3140. The van der Waals surface area contributed by atoms with E-state index in [-0.39, 0.29) is 0 Å². The molecule has 0 fully saturated rings. The zero-order valence-electron chi connectivity index (χ0n) is 25.9. The molecule has 0 N–H and O–H groups in total. The van der Waals surface area contributed by atoms with E-state index in [4.69, 9.17) is 0 Å². The average molecular weight is 601 g/mol. The Kier molecular flexibility index (Phi) is 4.00. The maximum atomic E-state index is 2.54. The first kappa shape index (κ1) is 24.0. The maximum absolute atomic E-state index is 2.54. The third-order valence-electron chi connectivity index (χ3n) is 11.8. The first-order valence-electron chi connectivity index (χ1n) is 16.9. The van der Waals surface area contributed by atoms with Gasteiger partial charge in [0.2, 0.25) is 0 Å². The van der Waals surface area contributed by atoms with Gasteiger partial charge in [0, 0.05) is 0 Å². The van der Waals surface area contributed by atoms with Gasteiger partial charge in [-0.15, -0.1) is 0 Å². The van der Waals surface area contributed by atoms with E-state index < -0.39 is 0 Å². The molecule has 0 spiro atoms. The Morgan fingerprint density at radius 3 is 0.646 bits per heavy atom. The Balaban J connectivity index is 1.44. The fourth-order valence-electron chi connectivity index (χ4n) is 10.1. The quantitative estimate of drug-likeness (QED) is 0.152. The summed E-state index contributed by atoms with van der Waals surface area (Å²) in [6.07, 6.45) is 0. The van der Waals surface area contributed by atoms with Crippen LogP contribution in [0.3, 0.4) is 0 Å². The number of hydrogen-bond acceptors (Lipinski definition) is 0. The minimum absolute atomic E-state index is 1.34. The van der Waals surface area contributed by atoms with Crippen LogP contribution in [-0.2, 0) is 0 Å². The van der Waals surface area contributed by atoms with Crippen LogP contribution in [0.15, 0.2) is 146 Å². The second-order valence-corrected chi connectivity index (χ2v) is 13.9. The van der Waals surface area contributed by atoms with Crippen LogP contribution in [0, 0.1) is 0 Å². The van der Waals surface area contributed by atoms with Gasteiger partial charge >= 0.3 is 0 Å². The molecule has 0 aliphatic carbocycles. The number of benzene rings is 10. The number of rotatable bonds is 0. The lowest BCUT2D eigenvalue weighted by atomic mass is 9.85. The molecule has 48 heavy (non-hydrogen) atoms. The molecule has 0 aliphatic rings. The van der Waals surface area contributed by atoms with Gasteiger partial charge in [0.25, 0.3) is 0 Å². The molecule has 13 rings (SSSR count). The molecule has 0 amide bonds. The van der Waals surface area contributed by atoms with Crippen molar-refractivity contribution in [1.29, 1.82) is 0 Å². The lowest BCUT2D eigenvalue weighted by Gasteiger charge is -2.18. The predicted molar refractivity (Wildman–Crippen MR) is 210 cm³/mol. The highest BCUT2D eigenvalue weighted by Gasteiger charge is 2.24. The fourth-order valence-corrected chi connectivity index (χ4v) is 10.1. The summed E-state index contributed by atoms with van der Waals surface area (Å²) < 4.78 is 0. The predicted octanol–water partition coefficient (Wildman–Crippen LogP) is 13.8. The SMILES string of the molecule is c1ccc2c(c1)c1cccc3c1c2cc1c3c2cc3c4ccccc4c4cccc(c43)c2c2cc3c4ccccc4c4cccc(c43)c12. The minimum Gasteiger partial charge on any atom is -0.0616 e. The third kappa shape index (κ3) is 2.56. The number of fused-ring (bicyclic) bond motifs is 18. The molecular weight excluding hydrogens is 577 g/mol. The average Bonchev–Trinajstić information content (AvgIpc) is 3.77. The lowest BCUT2D eigenvalue weighted by molar-refractivity contribution is 1.85. The Morgan fingerprint density at radius 1 is 0.146 bits per heavy atom. The van der Waals surface area contributed by atoms with Gasteiger partial charge in [-0.2, -0.15) is 0 Å². The van der Waals surface area contributed by atoms with E-state index in [0.29, 0.717) is 0 Å².